The molecule has 0 amide bonds. The molecule has 2 rings (SSSR count). The predicted molar refractivity (Wildman–Crippen MR) is 65.9 cm³/mol. The van der Waals surface area contributed by atoms with Gasteiger partial charge in [-0.25, -0.2) is 4.98 Å². The Morgan fingerprint density at radius 2 is 2.24 bits per heavy atom. The molecule has 1 aromatic rings. The van der Waals surface area contributed by atoms with Crippen molar-refractivity contribution in [2.24, 2.45) is 0 Å². The fourth-order valence-electron chi connectivity index (χ4n) is 2.47. The molecule has 0 aromatic carbocycles. The number of pyridine rings is 1. The van der Waals surface area contributed by atoms with Crippen LogP contribution >= 0.6 is 0 Å². The van der Waals surface area contributed by atoms with Crippen molar-refractivity contribution in [1.82, 2.24) is 10.3 Å². The molecule has 0 atom stereocenters. The molecule has 0 saturated heterocycles. The first kappa shape index (κ1) is 12.3. The Hall–Kier alpha value is -1.13. The Morgan fingerprint density at radius 1 is 1.47 bits per heavy atom. The van der Waals surface area contributed by atoms with Crippen LogP contribution in [0.15, 0.2) is 18.3 Å². The number of nitrogens with one attached hydrogen (secondary N) is 1. The minimum atomic E-state index is -0.0964. The third kappa shape index (κ3) is 2.76. The van der Waals surface area contributed by atoms with Gasteiger partial charge in [0.05, 0.1) is 13.7 Å². The van der Waals surface area contributed by atoms with Gasteiger partial charge in [0.1, 0.15) is 0 Å². The first-order valence-electron chi connectivity index (χ1n) is 6.13. The third-order valence-corrected chi connectivity index (χ3v) is 3.56. The molecule has 17 heavy (non-hydrogen) atoms. The second-order valence-electron chi connectivity index (χ2n) is 4.67. The van der Waals surface area contributed by atoms with Gasteiger partial charge >= 0.3 is 0 Å². The summed E-state index contributed by atoms with van der Waals surface area (Å²) in [6.07, 6.45) is 6.20. The van der Waals surface area contributed by atoms with Gasteiger partial charge in [0.25, 0.3) is 0 Å². The molecule has 1 aromatic heterocycles. The SMILES string of the molecule is COc1ncccc1CNC1(CO)CCCC1. The number of aliphatic hydroxyl groups is 1. The summed E-state index contributed by atoms with van der Waals surface area (Å²) < 4.78 is 5.21. The van der Waals surface area contributed by atoms with Gasteiger partial charge in [0, 0.05) is 23.8 Å². The maximum atomic E-state index is 9.51. The molecular weight excluding hydrogens is 216 g/mol. The standard InChI is InChI=1S/C13H20N2O2/c1-17-12-11(5-4-8-14-12)9-15-13(10-16)6-2-3-7-13/h4-5,8,15-16H,2-3,6-7,9-10H2,1H3. The van der Waals surface area contributed by atoms with Gasteiger partial charge in [0.2, 0.25) is 5.88 Å². The lowest BCUT2D eigenvalue weighted by atomic mass is 9.98. The van der Waals surface area contributed by atoms with E-state index in [1.807, 2.05) is 12.1 Å². The summed E-state index contributed by atoms with van der Waals surface area (Å²) in [5.41, 5.74) is 0.940. The van der Waals surface area contributed by atoms with E-state index in [4.69, 9.17) is 4.74 Å². The van der Waals surface area contributed by atoms with E-state index < -0.39 is 0 Å². The molecule has 0 unspecified atom stereocenters. The van der Waals surface area contributed by atoms with Crippen molar-refractivity contribution in [3.63, 3.8) is 0 Å². The summed E-state index contributed by atoms with van der Waals surface area (Å²) in [5.74, 6) is 0.658. The second-order valence-corrected chi connectivity index (χ2v) is 4.67. The highest BCUT2D eigenvalue weighted by atomic mass is 16.5. The summed E-state index contributed by atoms with van der Waals surface area (Å²) in [6.45, 7) is 0.896. The van der Waals surface area contributed by atoms with Crippen molar-refractivity contribution in [3.8, 4) is 5.88 Å². The lowest BCUT2D eigenvalue weighted by Crippen LogP contribution is -2.45. The molecule has 0 bridgehead atoms. The van der Waals surface area contributed by atoms with Crippen molar-refractivity contribution < 1.29 is 9.84 Å². The highest BCUT2D eigenvalue weighted by molar-refractivity contribution is 5.25. The molecule has 1 fully saturated rings. The fourth-order valence-corrected chi connectivity index (χ4v) is 2.47. The number of nitrogens with zero attached hydrogens (tertiary/aromatic N) is 1. The predicted octanol–water partition coefficient (Wildman–Crippen LogP) is 1.48. The van der Waals surface area contributed by atoms with E-state index >= 15 is 0 Å². The summed E-state index contributed by atoms with van der Waals surface area (Å²) >= 11 is 0. The zero-order chi connectivity index (χ0) is 12.1. The lowest BCUT2D eigenvalue weighted by Gasteiger charge is -2.28. The topological polar surface area (TPSA) is 54.4 Å². The fraction of sp³-hybridized carbons (Fsp3) is 0.615. The van der Waals surface area contributed by atoms with Crippen LogP contribution in [0.25, 0.3) is 0 Å². The van der Waals surface area contributed by atoms with Gasteiger partial charge in [-0.1, -0.05) is 18.9 Å². The van der Waals surface area contributed by atoms with Gasteiger partial charge in [-0.2, -0.15) is 0 Å². The molecule has 1 aliphatic carbocycles. The smallest absolute Gasteiger partial charge is 0.217 e. The average Bonchev–Trinajstić information content (AvgIpc) is 2.86. The van der Waals surface area contributed by atoms with Crippen LogP contribution in [0.1, 0.15) is 31.2 Å². The largest absolute Gasteiger partial charge is 0.481 e. The van der Waals surface area contributed by atoms with Crippen LogP contribution in [-0.4, -0.2) is 29.3 Å². The van der Waals surface area contributed by atoms with Gasteiger partial charge < -0.3 is 15.2 Å². The Kier molecular flexibility index (Phi) is 3.97. The minimum Gasteiger partial charge on any atom is -0.481 e. The molecule has 0 radical (unpaired) electrons. The van der Waals surface area contributed by atoms with E-state index in [2.05, 4.69) is 10.3 Å². The molecule has 0 aliphatic heterocycles. The molecule has 0 spiro atoms. The number of hydrogen-bond donors (Lipinski definition) is 2. The van der Waals surface area contributed by atoms with Crippen molar-refractivity contribution in [2.45, 2.75) is 37.8 Å². The van der Waals surface area contributed by atoms with Crippen molar-refractivity contribution in [1.29, 1.82) is 0 Å². The Morgan fingerprint density at radius 3 is 2.88 bits per heavy atom. The van der Waals surface area contributed by atoms with Crippen LogP contribution in [0, 0.1) is 0 Å². The normalized spacial score (nSPS) is 18.2. The third-order valence-electron chi connectivity index (χ3n) is 3.56. The maximum Gasteiger partial charge on any atom is 0.217 e. The van der Waals surface area contributed by atoms with E-state index in [0.29, 0.717) is 12.4 Å². The molecule has 4 heteroatoms. The molecular formula is C13H20N2O2. The molecule has 1 heterocycles. The van der Waals surface area contributed by atoms with Gasteiger partial charge in [0.15, 0.2) is 0 Å². The Labute approximate surface area is 102 Å². The average molecular weight is 236 g/mol. The van der Waals surface area contributed by atoms with Gasteiger partial charge in [-0.15, -0.1) is 0 Å². The van der Waals surface area contributed by atoms with Crippen LogP contribution in [0.4, 0.5) is 0 Å². The van der Waals surface area contributed by atoms with Crippen LogP contribution in [0.2, 0.25) is 0 Å². The minimum absolute atomic E-state index is 0.0964. The summed E-state index contributed by atoms with van der Waals surface area (Å²) in [6, 6.07) is 3.90. The van der Waals surface area contributed by atoms with Crippen molar-refractivity contribution >= 4 is 0 Å². The Bertz CT molecular complexity index is 362. The van der Waals surface area contributed by atoms with E-state index in [0.717, 1.165) is 18.4 Å². The molecule has 1 saturated carbocycles. The molecule has 1 aliphatic rings. The number of methoxy groups -OCH3 is 1. The highest BCUT2D eigenvalue weighted by Gasteiger charge is 2.32. The quantitative estimate of drug-likeness (QED) is 0.813. The first-order chi connectivity index (χ1) is 8.29. The van der Waals surface area contributed by atoms with E-state index in [1.54, 1.807) is 13.3 Å². The first-order valence-corrected chi connectivity index (χ1v) is 6.13. The molecule has 2 N–H and O–H groups in total. The van der Waals surface area contributed by atoms with Crippen LogP contribution in [-0.2, 0) is 6.54 Å². The van der Waals surface area contributed by atoms with E-state index in [-0.39, 0.29) is 12.1 Å². The zero-order valence-corrected chi connectivity index (χ0v) is 10.3. The van der Waals surface area contributed by atoms with Crippen molar-refractivity contribution in [2.75, 3.05) is 13.7 Å². The lowest BCUT2D eigenvalue weighted by molar-refractivity contribution is 0.162. The number of hydrogen-bond acceptors (Lipinski definition) is 4. The van der Waals surface area contributed by atoms with Crippen LogP contribution < -0.4 is 10.1 Å². The maximum absolute atomic E-state index is 9.51. The molecule has 94 valence electrons. The van der Waals surface area contributed by atoms with Crippen molar-refractivity contribution in [3.05, 3.63) is 23.9 Å². The van der Waals surface area contributed by atoms with Crippen LogP contribution in [0.3, 0.4) is 0 Å². The number of ether oxygens (including phenoxy) is 1. The Balaban J connectivity index is 2.01. The summed E-state index contributed by atoms with van der Waals surface area (Å²) in [5, 5.41) is 13.0. The molecule has 4 nitrogen and oxygen atoms in total. The van der Waals surface area contributed by atoms with Gasteiger partial charge in [-0.3, -0.25) is 0 Å². The van der Waals surface area contributed by atoms with E-state index in [9.17, 15) is 5.11 Å². The number of aliphatic hydroxyl groups excluding tert-OH is 1. The highest BCUT2D eigenvalue weighted by Crippen LogP contribution is 2.29. The van der Waals surface area contributed by atoms with Gasteiger partial charge in [-0.05, 0) is 18.9 Å². The second kappa shape index (κ2) is 5.47. The zero-order valence-electron chi connectivity index (χ0n) is 10.3. The van der Waals surface area contributed by atoms with Crippen LogP contribution in [0.5, 0.6) is 5.88 Å². The monoisotopic (exact) mass is 236 g/mol. The van der Waals surface area contributed by atoms with E-state index in [1.165, 1.54) is 12.8 Å². The number of rotatable bonds is 5. The summed E-state index contributed by atoms with van der Waals surface area (Å²) in [7, 11) is 1.63. The summed E-state index contributed by atoms with van der Waals surface area (Å²) in [4.78, 5) is 4.17. The number of aromatic nitrogens is 1.